The molecule has 0 atom stereocenters. The van der Waals surface area contributed by atoms with Crippen LogP contribution >= 0.6 is 0 Å². The van der Waals surface area contributed by atoms with Crippen LogP contribution in [0.1, 0.15) is 36.1 Å². The first-order valence-electron chi connectivity index (χ1n) is 7.37. The normalized spacial score (nSPS) is 11.0. The van der Waals surface area contributed by atoms with E-state index in [0.717, 1.165) is 11.5 Å². The van der Waals surface area contributed by atoms with Gasteiger partial charge in [0.2, 0.25) is 5.95 Å². The predicted octanol–water partition coefficient (Wildman–Crippen LogP) is 2.61. The summed E-state index contributed by atoms with van der Waals surface area (Å²) in [6, 6.07) is 7.44. The van der Waals surface area contributed by atoms with Gasteiger partial charge in [0, 0.05) is 29.7 Å². The van der Waals surface area contributed by atoms with Gasteiger partial charge in [-0.05, 0) is 45.0 Å². The molecular formula is C16H18N6O. The van der Waals surface area contributed by atoms with Gasteiger partial charge in [-0.3, -0.25) is 10.1 Å². The van der Waals surface area contributed by atoms with E-state index >= 15 is 0 Å². The highest BCUT2D eigenvalue weighted by Gasteiger charge is 2.12. The average Bonchev–Trinajstić information content (AvgIpc) is 3.17. The molecule has 7 nitrogen and oxygen atoms in total. The maximum absolute atomic E-state index is 12.3. The van der Waals surface area contributed by atoms with Crippen LogP contribution in [0.3, 0.4) is 0 Å². The number of hydrogen-bond donors (Lipinski definition) is 1. The Kier molecular flexibility index (Phi) is 3.92. The molecule has 3 aromatic rings. The molecule has 23 heavy (non-hydrogen) atoms. The fourth-order valence-corrected chi connectivity index (χ4v) is 2.31. The Bertz CT molecular complexity index is 802. The third kappa shape index (κ3) is 3.13. The highest BCUT2D eigenvalue weighted by atomic mass is 16.1. The maximum Gasteiger partial charge on any atom is 0.258 e. The van der Waals surface area contributed by atoms with Crippen LogP contribution in [0.5, 0.6) is 0 Å². The summed E-state index contributed by atoms with van der Waals surface area (Å²) in [4.78, 5) is 20.5. The van der Waals surface area contributed by atoms with Crippen molar-refractivity contribution in [2.24, 2.45) is 0 Å². The molecule has 0 saturated carbocycles. The van der Waals surface area contributed by atoms with E-state index in [-0.39, 0.29) is 11.9 Å². The summed E-state index contributed by atoms with van der Waals surface area (Å²) in [6.07, 6.45) is 5.26. The number of carbonyl (C=O) groups is 1. The first kappa shape index (κ1) is 15.0. The molecule has 7 heteroatoms. The van der Waals surface area contributed by atoms with Crippen molar-refractivity contribution in [1.29, 1.82) is 0 Å². The molecule has 0 aliphatic carbocycles. The summed E-state index contributed by atoms with van der Waals surface area (Å²) in [5.41, 5.74) is 1.49. The quantitative estimate of drug-likeness (QED) is 0.803. The molecule has 0 radical (unpaired) electrons. The molecule has 0 bridgehead atoms. The van der Waals surface area contributed by atoms with Crippen LogP contribution in [-0.4, -0.2) is 30.2 Å². The van der Waals surface area contributed by atoms with Crippen LogP contribution in [0.25, 0.3) is 5.69 Å². The molecule has 118 valence electrons. The minimum Gasteiger partial charge on any atom is -0.306 e. The molecule has 0 aliphatic heterocycles. The zero-order chi connectivity index (χ0) is 16.4. The maximum atomic E-state index is 12.3. The Morgan fingerprint density at radius 1 is 1.22 bits per heavy atom. The summed E-state index contributed by atoms with van der Waals surface area (Å²) < 4.78 is 3.65. The van der Waals surface area contributed by atoms with Crippen LogP contribution in [0.2, 0.25) is 0 Å². The van der Waals surface area contributed by atoms with Gasteiger partial charge >= 0.3 is 0 Å². The number of aromatic nitrogens is 5. The summed E-state index contributed by atoms with van der Waals surface area (Å²) in [5, 5.41) is 7.02. The Morgan fingerprint density at radius 3 is 2.52 bits per heavy atom. The lowest BCUT2D eigenvalue weighted by molar-refractivity contribution is 0.102. The third-order valence-electron chi connectivity index (χ3n) is 3.45. The van der Waals surface area contributed by atoms with E-state index in [0.29, 0.717) is 11.5 Å². The second-order valence-electron chi connectivity index (χ2n) is 5.49. The van der Waals surface area contributed by atoms with Gasteiger partial charge in [-0.1, -0.05) is 0 Å². The number of aryl methyl sites for hydroxylation is 1. The molecular weight excluding hydrogens is 292 g/mol. The SMILES string of the molecule is Cc1nc(NC(=O)c2ccc(-n3ccnc3)cc2)nn1C(C)C. The zero-order valence-corrected chi connectivity index (χ0v) is 13.3. The average molecular weight is 310 g/mol. The summed E-state index contributed by atoms with van der Waals surface area (Å²) in [7, 11) is 0. The van der Waals surface area contributed by atoms with Crippen LogP contribution in [0.4, 0.5) is 5.95 Å². The summed E-state index contributed by atoms with van der Waals surface area (Å²) >= 11 is 0. The molecule has 2 heterocycles. The van der Waals surface area contributed by atoms with E-state index in [4.69, 9.17) is 0 Å². The lowest BCUT2D eigenvalue weighted by atomic mass is 10.2. The fraction of sp³-hybridized carbons (Fsp3) is 0.250. The largest absolute Gasteiger partial charge is 0.306 e. The second-order valence-corrected chi connectivity index (χ2v) is 5.49. The van der Waals surface area contributed by atoms with Gasteiger partial charge in [0.05, 0.1) is 6.33 Å². The van der Waals surface area contributed by atoms with Crippen molar-refractivity contribution in [2.45, 2.75) is 26.8 Å². The minimum atomic E-state index is -0.233. The van der Waals surface area contributed by atoms with Gasteiger partial charge in [0.15, 0.2) is 0 Å². The van der Waals surface area contributed by atoms with Gasteiger partial charge in [-0.15, -0.1) is 5.10 Å². The lowest BCUT2D eigenvalue weighted by Crippen LogP contribution is -2.13. The number of imidazole rings is 1. The van der Waals surface area contributed by atoms with Crippen molar-refractivity contribution in [3.8, 4) is 5.69 Å². The van der Waals surface area contributed by atoms with Crippen molar-refractivity contribution in [1.82, 2.24) is 24.3 Å². The number of anilines is 1. The van der Waals surface area contributed by atoms with Crippen molar-refractivity contribution < 1.29 is 4.79 Å². The lowest BCUT2D eigenvalue weighted by Gasteiger charge is -2.05. The van der Waals surface area contributed by atoms with Gasteiger partial charge in [-0.2, -0.15) is 4.98 Å². The standard InChI is InChI=1S/C16H18N6O/c1-11(2)22-12(3)18-16(20-22)19-15(23)13-4-6-14(7-5-13)21-9-8-17-10-21/h4-11H,1-3H3,(H,19,20,23). The second kappa shape index (κ2) is 6.04. The van der Waals surface area contributed by atoms with E-state index < -0.39 is 0 Å². The van der Waals surface area contributed by atoms with E-state index in [1.54, 1.807) is 29.3 Å². The third-order valence-corrected chi connectivity index (χ3v) is 3.45. The monoisotopic (exact) mass is 310 g/mol. The molecule has 0 unspecified atom stereocenters. The topological polar surface area (TPSA) is 77.6 Å². The molecule has 1 amide bonds. The van der Waals surface area contributed by atoms with Gasteiger partial charge in [0.1, 0.15) is 5.82 Å². The Hall–Kier alpha value is -2.96. The van der Waals surface area contributed by atoms with Gasteiger partial charge < -0.3 is 4.57 Å². The van der Waals surface area contributed by atoms with E-state index in [2.05, 4.69) is 20.4 Å². The minimum absolute atomic E-state index is 0.197. The zero-order valence-electron chi connectivity index (χ0n) is 13.3. The number of nitrogens with zero attached hydrogens (tertiary/aromatic N) is 5. The predicted molar refractivity (Wildman–Crippen MR) is 86.7 cm³/mol. The fourth-order valence-electron chi connectivity index (χ4n) is 2.31. The Labute approximate surface area is 134 Å². The number of nitrogens with one attached hydrogen (secondary N) is 1. The molecule has 0 aliphatic rings. The van der Waals surface area contributed by atoms with E-state index in [1.165, 1.54) is 0 Å². The van der Waals surface area contributed by atoms with Crippen LogP contribution in [-0.2, 0) is 0 Å². The molecule has 0 fully saturated rings. The number of rotatable bonds is 4. The first-order chi connectivity index (χ1) is 11.0. The molecule has 1 aromatic carbocycles. The van der Waals surface area contributed by atoms with Crippen molar-refractivity contribution in [3.05, 3.63) is 54.4 Å². The smallest absolute Gasteiger partial charge is 0.258 e. The van der Waals surface area contributed by atoms with Crippen LogP contribution in [0.15, 0.2) is 43.0 Å². The molecule has 2 aromatic heterocycles. The molecule has 1 N–H and O–H groups in total. The molecule has 0 spiro atoms. The van der Waals surface area contributed by atoms with Crippen molar-refractivity contribution in [2.75, 3.05) is 5.32 Å². The van der Waals surface area contributed by atoms with E-state index in [9.17, 15) is 4.79 Å². The van der Waals surface area contributed by atoms with Crippen LogP contribution in [0, 0.1) is 6.92 Å². The summed E-state index contributed by atoms with van der Waals surface area (Å²) in [5.74, 6) is 0.855. The van der Waals surface area contributed by atoms with Crippen molar-refractivity contribution >= 4 is 11.9 Å². The van der Waals surface area contributed by atoms with Crippen molar-refractivity contribution in [3.63, 3.8) is 0 Å². The number of amides is 1. The Morgan fingerprint density at radius 2 is 1.96 bits per heavy atom. The highest BCUT2D eigenvalue weighted by Crippen LogP contribution is 2.13. The highest BCUT2D eigenvalue weighted by molar-refractivity contribution is 6.03. The first-order valence-corrected chi connectivity index (χ1v) is 7.37. The van der Waals surface area contributed by atoms with Gasteiger partial charge in [0.25, 0.3) is 5.91 Å². The van der Waals surface area contributed by atoms with Crippen LogP contribution < -0.4 is 5.32 Å². The number of benzene rings is 1. The summed E-state index contributed by atoms with van der Waals surface area (Å²) in [6.45, 7) is 5.90. The number of hydrogen-bond acceptors (Lipinski definition) is 4. The molecule has 3 rings (SSSR count). The Balaban J connectivity index is 1.74. The molecule has 0 saturated heterocycles. The number of carbonyl (C=O) groups excluding carboxylic acids is 1. The van der Waals surface area contributed by atoms with E-state index in [1.807, 2.05) is 43.7 Å². The van der Waals surface area contributed by atoms with Gasteiger partial charge in [-0.25, -0.2) is 9.67 Å².